The van der Waals surface area contributed by atoms with Gasteiger partial charge >= 0.3 is 5.97 Å². The zero-order valence-electron chi connectivity index (χ0n) is 20.6. The zero-order chi connectivity index (χ0) is 25.9. The van der Waals surface area contributed by atoms with Gasteiger partial charge in [0.1, 0.15) is 23.0 Å². The second-order valence-electron chi connectivity index (χ2n) is 8.53. The topological polar surface area (TPSA) is 71.1 Å². The SMILES string of the molecule is COc1cc(OC)cc(C(=O)Oc2cc(C)c3c(c2)O/C(=C\c2ccc(-c4ccccc4)cc2)C3=O)c1. The highest BCUT2D eigenvalue weighted by Crippen LogP contribution is 2.38. The number of aryl methyl sites for hydroxylation is 1. The van der Waals surface area contributed by atoms with Gasteiger partial charge in [0.15, 0.2) is 5.76 Å². The van der Waals surface area contributed by atoms with Gasteiger partial charge in [-0.15, -0.1) is 0 Å². The standard InChI is InChI=1S/C31H24O6/c1-19-13-26(36-31(33)23-15-24(34-2)17-25(16-23)35-3)18-27-29(19)30(32)28(37-27)14-20-9-11-22(12-10-20)21-7-5-4-6-8-21/h4-18H,1-3H3/b28-14-. The third-order valence-corrected chi connectivity index (χ3v) is 6.06. The molecule has 0 N–H and O–H groups in total. The Kier molecular flexibility index (Phi) is 6.47. The molecule has 184 valence electrons. The van der Waals surface area contributed by atoms with Crippen LogP contribution in [0.15, 0.2) is 90.7 Å². The number of esters is 1. The Hall–Kier alpha value is -4.84. The van der Waals surface area contributed by atoms with Crippen molar-refractivity contribution in [3.05, 3.63) is 113 Å². The molecule has 1 heterocycles. The molecular weight excluding hydrogens is 468 g/mol. The average Bonchev–Trinajstić information content (AvgIpc) is 3.24. The Bertz CT molecular complexity index is 1500. The summed E-state index contributed by atoms with van der Waals surface area (Å²) >= 11 is 0. The van der Waals surface area contributed by atoms with Gasteiger partial charge in [0.05, 0.1) is 25.3 Å². The third kappa shape index (κ3) is 4.95. The predicted molar refractivity (Wildman–Crippen MR) is 140 cm³/mol. The normalized spacial score (nSPS) is 13.2. The number of carbonyl (C=O) groups excluding carboxylic acids is 2. The molecule has 37 heavy (non-hydrogen) atoms. The molecule has 6 nitrogen and oxygen atoms in total. The van der Waals surface area contributed by atoms with Crippen molar-refractivity contribution in [3.8, 4) is 34.1 Å². The van der Waals surface area contributed by atoms with Crippen LogP contribution in [0.1, 0.15) is 31.8 Å². The van der Waals surface area contributed by atoms with Gasteiger partial charge in [0, 0.05) is 12.1 Å². The number of carbonyl (C=O) groups is 2. The Balaban J connectivity index is 1.36. The van der Waals surface area contributed by atoms with Crippen LogP contribution in [0.25, 0.3) is 17.2 Å². The van der Waals surface area contributed by atoms with E-state index in [2.05, 4.69) is 0 Å². The summed E-state index contributed by atoms with van der Waals surface area (Å²) in [6, 6.07) is 25.9. The first kappa shape index (κ1) is 23.9. The van der Waals surface area contributed by atoms with Crippen molar-refractivity contribution in [2.45, 2.75) is 6.92 Å². The summed E-state index contributed by atoms with van der Waals surface area (Å²) in [6.07, 6.45) is 1.71. The highest BCUT2D eigenvalue weighted by atomic mass is 16.5. The van der Waals surface area contributed by atoms with Gasteiger partial charge in [-0.1, -0.05) is 54.6 Å². The number of hydrogen-bond donors (Lipinski definition) is 0. The Morgan fingerprint density at radius 2 is 1.43 bits per heavy atom. The molecule has 0 atom stereocenters. The second-order valence-corrected chi connectivity index (χ2v) is 8.53. The van der Waals surface area contributed by atoms with Crippen molar-refractivity contribution in [2.24, 2.45) is 0 Å². The van der Waals surface area contributed by atoms with Crippen LogP contribution in [0.5, 0.6) is 23.0 Å². The first-order chi connectivity index (χ1) is 17.9. The van der Waals surface area contributed by atoms with Crippen molar-refractivity contribution < 1.29 is 28.5 Å². The van der Waals surface area contributed by atoms with Crippen LogP contribution in [0.4, 0.5) is 0 Å². The summed E-state index contributed by atoms with van der Waals surface area (Å²) in [7, 11) is 3.01. The summed E-state index contributed by atoms with van der Waals surface area (Å²) in [6.45, 7) is 1.78. The number of hydrogen-bond acceptors (Lipinski definition) is 6. The van der Waals surface area contributed by atoms with Crippen LogP contribution in [0.3, 0.4) is 0 Å². The fourth-order valence-corrected chi connectivity index (χ4v) is 4.18. The van der Waals surface area contributed by atoms with Crippen LogP contribution < -0.4 is 18.9 Å². The Morgan fingerprint density at radius 3 is 2.08 bits per heavy atom. The highest BCUT2D eigenvalue weighted by Gasteiger charge is 2.30. The molecule has 1 aliphatic heterocycles. The van der Waals surface area contributed by atoms with Crippen LogP contribution in [0, 0.1) is 6.92 Å². The number of ether oxygens (including phenoxy) is 4. The number of Topliss-reactive ketones (excluding diaryl/α,β-unsaturated/α-hetero) is 1. The molecule has 0 unspecified atom stereocenters. The van der Waals surface area contributed by atoms with Gasteiger partial charge in [-0.25, -0.2) is 4.79 Å². The molecule has 0 aliphatic carbocycles. The minimum absolute atomic E-state index is 0.213. The highest BCUT2D eigenvalue weighted by molar-refractivity contribution is 6.15. The largest absolute Gasteiger partial charge is 0.497 e. The molecule has 6 heteroatoms. The fraction of sp³-hybridized carbons (Fsp3) is 0.0968. The van der Waals surface area contributed by atoms with Crippen LogP contribution in [0.2, 0.25) is 0 Å². The first-order valence-electron chi connectivity index (χ1n) is 11.6. The lowest BCUT2D eigenvalue weighted by Gasteiger charge is -2.10. The maximum absolute atomic E-state index is 13.1. The molecule has 0 amide bonds. The fourth-order valence-electron chi connectivity index (χ4n) is 4.18. The van der Waals surface area contributed by atoms with Gasteiger partial charge in [0.2, 0.25) is 5.78 Å². The lowest BCUT2D eigenvalue weighted by molar-refractivity contribution is 0.0733. The van der Waals surface area contributed by atoms with Gasteiger partial charge in [0.25, 0.3) is 0 Å². The van der Waals surface area contributed by atoms with Crippen LogP contribution >= 0.6 is 0 Å². The molecule has 0 bridgehead atoms. The molecule has 0 aromatic heterocycles. The maximum atomic E-state index is 13.1. The van der Waals surface area contributed by atoms with Crippen LogP contribution in [-0.2, 0) is 0 Å². The molecule has 0 fully saturated rings. The molecule has 1 aliphatic rings. The van der Waals surface area contributed by atoms with E-state index in [0.29, 0.717) is 28.4 Å². The van der Waals surface area contributed by atoms with Crippen molar-refractivity contribution in [1.29, 1.82) is 0 Å². The zero-order valence-corrected chi connectivity index (χ0v) is 20.6. The third-order valence-electron chi connectivity index (χ3n) is 6.06. The maximum Gasteiger partial charge on any atom is 0.343 e. The quantitative estimate of drug-likeness (QED) is 0.173. The average molecular weight is 493 g/mol. The number of rotatable bonds is 6. The van der Waals surface area contributed by atoms with E-state index in [1.165, 1.54) is 14.2 Å². The molecule has 4 aromatic rings. The molecular formula is C31H24O6. The van der Waals surface area contributed by atoms with Crippen molar-refractivity contribution in [3.63, 3.8) is 0 Å². The Labute approximate surface area is 214 Å². The summed E-state index contributed by atoms with van der Waals surface area (Å²) in [4.78, 5) is 25.9. The molecule has 0 saturated carbocycles. The summed E-state index contributed by atoms with van der Waals surface area (Å²) in [5, 5.41) is 0. The predicted octanol–water partition coefficient (Wildman–Crippen LogP) is 6.51. The number of methoxy groups -OCH3 is 2. The van der Waals surface area contributed by atoms with Crippen molar-refractivity contribution >= 4 is 17.8 Å². The smallest absolute Gasteiger partial charge is 0.343 e. The molecule has 0 spiro atoms. The van der Waals surface area contributed by atoms with Crippen molar-refractivity contribution in [2.75, 3.05) is 14.2 Å². The molecule has 5 rings (SSSR count). The lowest BCUT2D eigenvalue weighted by atomic mass is 10.0. The number of fused-ring (bicyclic) bond motifs is 1. The van der Waals surface area contributed by atoms with E-state index in [1.54, 1.807) is 43.3 Å². The summed E-state index contributed by atoms with van der Waals surface area (Å²) in [5.74, 6) is 0.970. The summed E-state index contributed by atoms with van der Waals surface area (Å²) in [5.41, 5.74) is 4.41. The van der Waals surface area contributed by atoms with Gasteiger partial charge in [-0.3, -0.25) is 4.79 Å². The van der Waals surface area contributed by atoms with Crippen molar-refractivity contribution in [1.82, 2.24) is 0 Å². The monoisotopic (exact) mass is 492 g/mol. The second kappa shape index (κ2) is 10.0. The number of allylic oxidation sites excluding steroid dienone is 1. The Morgan fingerprint density at radius 1 is 0.784 bits per heavy atom. The van der Waals surface area contributed by atoms with E-state index < -0.39 is 5.97 Å². The number of ketones is 1. The van der Waals surface area contributed by atoms with E-state index in [-0.39, 0.29) is 22.9 Å². The van der Waals surface area contributed by atoms with Gasteiger partial charge < -0.3 is 18.9 Å². The van der Waals surface area contributed by atoms with E-state index in [1.807, 2.05) is 54.6 Å². The van der Waals surface area contributed by atoms with E-state index >= 15 is 0 Å². The van der Waals surface area contributed by atoms with E-state index in [0.717, 1.165) is 16.7 Å². The molecule has 4 aromatic carbocycles. The summed E-state index contributed by atoms with van der Waals surface area (Å²) < 4.78 is 21.9. The minimum Gasteiger partial charge on any atom is -0.497 e. The minimum atomic E-state index is -0.588. The first-order valence-corrected chi connectivity index (χ1v) is 11.6. The van der Waals surface area contributed by atoms with Crippen LogP contribution in [-0.4, -0.2) is 26.0 Å². The molecule has 0 saturated heterocycles. The van der Waals surface area contributed by atoms with E-state index in [9.17, 15) is 9.59 Å². The molecule has 0 radical (unpaired) electrons. The number of benzene rings is 4. The van der Waals surface area contributed by atoms with Gasteiger partial charge in [-0.05, 0) is 53.5 Å². The van der Waals surface area contributed by atoms with Gasteiger partial charge in [-0.2, -0.15) is 0 Å². The lowest BCUT2D eigenvalue weighted by Crippen LogP contribution is -2.09. The van der Waals surface area contributed by atoms with E-state index in [4.69, 9.17) is 18.9 Å².